The number of aromatic nitrogens is 1. The van der Waals surface area contributed by atoms with Gasteiger partial charge < -0.3 is 30.4 Å². The maximum Gasteiger partial charge on any atom is 0.250 e. The molecule has 0 radical (unpaired) electrons. The van der Waals surface area contributed by atoms with Crippen LogP contribution in [-0.4, -0.2) is 55.4 Å². The zero-order valence-electron chi connectivity index (χ0n) is 22.4. The Morgan fingerprint density at radius 2 is 1.74 bits per heavy atom. The number of aliphatic hydroxyl groups is 1. The lowest BCUT2D eigenvalue weighted by Crippen LogP contribution is -2.20. The van der Waals surface area contributed by atoms with Crippen LogP contribution in [0.1, 0.15) is 57.5 Å². The maximum atomic E-state index is 11.1. The third kappa shape index (κ3) is 17.9. The van der Waals surface area contributed by atoms with Crippen molar-refractivity contribution in [2.75, 3.05) is 27.4 Å². The summed E-state index contributed by atoms with van der Waals surface area (Å²) in [7, 11) is 2.58. The first-order chi connectivity index (χ1) is 16.9. The van der Waals surface area contributed by atoms with Crippen molar-refractivity contribution < 1.29 is 28.9 Å². The first-order valence-corrected chi connectivity index (χ1v) is 11.4. The smallest absolute Gasteiger partial charge is 0.250 e. The Bertz CT molecular complexity index is 805. The summed E-state index contributed by atoms with van der Waals surface area (Å²) in [5, 5.41) is 10.3. The number of hydrogen-bond acceptors (Lipinski definition) is 8. The predicted octanol–water partition coefficient (Wildman–Crippen LogP) is 4.16. The molecule has 35 heavy (non-hydrogen) atoms. The number of carbonyl (C=O) groups excluding carboxylic acids is 2. The largest absolute Gasteiger partial charge is 0.493 e. The molecule has 198 valence electrons. The van der Waals surface area contributed by atoms with E-state index in [1.54, 1.807) is 19.2 Å². The second-order valence-electron chi connectivity index (χ2n) is 6.08. The maximum absolute atomic E-state index is 11.1. The molecule has 2 aromatic rings. The van der Waals surface area contributed by atoms with E-state index in [0.29, 0.717) is 36.1 Å². The Morgan fingerprint density at radius 3 is 2.20 bits per heavy atom. The van der Waals surface area contributed by atoms with Crippen molar-refractivity contribution in [1.29, 1.82) is 0 Å². The molecule has 0 aliphatic rings. The summed E-state index contributed by atoms with van der Waals surface area (Å²) < 4.78 is 16.6. The number of carbonyl (C=O) groups is 1. The molecule has 0 bridgehead atoms. The molecule has 0 unspecified atom stereocenters. The standard InChI is InChI=1S/C19H25N3O4.C2H2O.2C2H6.CH4O/c1-13(2)25-9-8-21-11-14-4-6-16(17(10-14)24-3)26-18-7-5-15(12-22-18)19(20)23;1-2-3;3*1-2/h4-7,10,12-13,21H,8-9,11H2,1-3H3,(H2,20,23);1H2;2*1-2H3;2H,1H3. The van der Waals surface area contributed by atoms with E-state index in [4.69, 9.17) is 29.8 Å². The lowest BCUT2D eigenvalue weighted by atomic mass is 10.2. The van der Waals surface area contributed by atoms with Crippen LogP contribution in [0.25, 0.3) is 0 Å². The van der Waals surface area contributed by atoms with Gasteiger partial charge in [0, 0.05) is 32.5 Å². The number of rotatable bonds is 10. The number of nitrogens with one attached hydrogen (secondary N) is 1. The molecule has 1 aromatic heterocycles. The summed E-state index contributed by atoms with van der Waals surface area (Å²) in [6, 6.07) is 8.83. The summed E-state index contributed by atoms with van der Waals surface area (Å²) >= 11 is 0. The van der Waals surface area contributed by atoms with E-state index < -0.39 is 5.91 Å². The molecule has 1 amide bonds. The number of amides is 1. The van der Waals surface area contributed by atoms with Gasteiger partial charge in [0.15, 0.2) is 11.5 Å². The first kappa shape index (κ1) is 36.3. The highest BCUT2D eigenvalue weighted by Crippen LogP contribution is 2.31. The fraction of sp³-hybridized carbons (Fsp3) is 0.462. The third-order valence-corrected chi connectivity index (χ3v) is 3.52. The molecular weight excluding hydrogens is 450 g/mol. The van der Waals surface area contributed by atoms with Crippen LogP contribution < -0.4 is 20.5 Å². The number of methoxy groups -OCH3 is 1. The predicted molar refractivity (Wildman–Crippen MR) is 141 cm³/mol. The van der Waals surface area contributed by atoms with E-state index in [1.807, 2.05) is 59.7 Å². The van der Waals surface area contributed by atoms with Crippen LogP contribution in [0.2, 0.25) is 0 Å². The van der Waals surface area contributed by atoms with Gasteiger partial charge in [-0.1, -0.05) is 33.8 Å². The number of benzene rings is 1. The molecule has 1 heterocycles. The molecule has 0 atom stereocenters. The van der Waals surface area contributed by atoms with Gasteiger partial charge in [0.05, 0.1) is 25.4 Å². The van der Waals surface area contributed by atoms with Gasteiger partial charge in [-0.15, -0.1) is 0 Å². The minimum Gasteiger partial charge on any atom is -0.493 e. The van der Waals surface area contributed by atoms with Crippen LogP contribution in [0.15, 0.2) is 43.1 Å². The van der Waals surface area contributed by atoms with Crippen LogP contribution in [0.5, 0.6) is 17.4 Å². The summed E-state index contributed by atoms with van der Waals surface area (Å²) in [5.74, 6) is 2.21. The van der Waals surface area contributed by atoms with Gasteiger partial charge in [0.1, 0.15) is 5.94 Å². The van der Waals surface area contributed by atoms with Crippen LogP contribution >= 0.6 is 0 Å². The molecule has 4 N–H and O–H groups in total. The third-order valence-electron chi connectivity index (χ3n) is 3.52. The van der Waals surface area contributed by atoms with Gasteiger partial charge in [0.2, 0.25) is 11.8 Å². The molecular formula is C26H43N3O6. The van der Waals surface area contributed by atoms with Crippen molar-refractivity contribution in [2.45, 2.75) is 54.2 Å². The fourth-order valence-corrected chi connectivity index (χ4v) is 2.20. The molecule has 0 saturated carbocycles. The van der Waals surface area contributed by atoms with Gasteiger partial charge in [-0.2, -0.15) is 0 Å². The van der Waals surface area contributed by atoms with E-state index in [-0.39, 0.29) is 6.10 Å². The van der Waals surface area contributed by atoms with Crippen molar-refractivity contribution in [3.63, 3.8) is 0 Å². The van der Waals surface area contributed by atoms with Gasteiger partial charge in [-0.05, 0) is 44.2 Å². The first-order valence-electron chi connectivity index (χ1n) is 11.4. The summed E-state index contributed by atoms with van der Waals surface area (Å²) in [4.78, 5) is 23.7. The summed E-state index contributed by atoms with van der Waals surface area (Å²) in [5.41, 5.74) is 6.59. The lowest BCUT2D eigenvalue weighted by molar-refractivity contribution is 0.0807. The van der Waals surface area contributed by atoms with E-state index in [2.05, 4.69) is 16.9 Å². The SMILES string of the molecule is C=C=O.CC.CC.CO.COc1cc(CNCCOC(C)C)ccc1Oc1ccc(C(N)=O)cn1. The highest BCUT2D eigenvalue weighted by atomic mass is 16.5. The Labute approximate surface area is 210 Å². The Morgan fingerprint density at radius 1 is 1.14 bits per heavy atom. The van der Waals surface area contributed by atoms with Crippen molar-refractivity contribution in [3.8, 4) is 17.4 Å². The number of primary amides is 1. The quantitative estimate of drug-likeness (QED) is 0.332. The van der Waals surface area contributed by atoms with E-state index >= 15 is 0 Å². The number of hydrogen-bond donors (Lipinski definition) is 3. The molecule has 1 aromatic carbocycles. The number of ether oxygens (including phenoxy) is 3. The van der Waals surface area contributed by atoms with E-state index in [0.717, 1.165) is 19.2 Å². The number of nitrogens with two attached hydrogens (primary N) is 1. The summed E-state index contributed by atoms with van der Waals surface area (Å²) in [6.07, 6.45) is 1.61. The van der Waals surface area contributed by atoms with E-state index in [1.165, 1.54) is 12.1 Å². The zero-order chi connectivity index (χ0) is 27.6. The van der Waals surface area contributed by atoms with Crippen LogP contribution in [0.3, 0.4) is 0 Å². The Balaban J connectivity index is -0.00000101. The van der Waals surface area contributed by atoms with Crippen LogP contribution in [0.4, 0.5) is 0 Å². The second-order valence-corrected chi connectivity index (χ2v) is 6.08. The van der Waals surface area contributed by atoms with Crippen molar-refractivity contribution >= 4 is 11.8 Å². The molecule has 2 rings (SSSR count). The fourth-order valence-electron chi connectivity index (χ4n) is 2.20. The van der Waals surface area contributed by atoms with Gasteiger partial charge in [-0.25, -0.2) is 9.78 Å². The van der Waals surface area contributed by atoms with Crippen LogP contribution in [-0.2, 0) is 16.1 Å². The normalized spacial score (nSPS) is 8.74. The molecule has 0 fully saturated rings. The number of aliphatic hydroxyl groups excluding tert-OH is 1. The molecule has 0 aliphatic heterocycles. The monoisotopic (exact) mass is 493 g/mol. The molecule has 9 nitrogen and oxygen atoms in total. The highest BCUT2D eigenvalue weighted by molar-refractivity contribution is 5.92. The van der Waals surface area contributed by atoms with Gasteiger partial charge in [0.25, 0.3) is 0 Å². The Hall–Kier alpha value is -3.23. The highest BCUT2D eigenvalue weighted by Gasteiger charge is 2.09. The molecule has 9 heteroatoms. The molecule has 0 saturated heterocycles. The molecule has 0 spiro atoms. The van der Waals surface area contributed by atoms with E-state index in [9.17, 15) is 4.79 Å². The lowest BCUT2D eigenvalue weighted by Gasteiger charge is -2.12. The number of pyridine rings is 1. The topological polar surface area (TPSA) is 133 Å². The minimum absolute atomic E-state index is 0.235. The average molecular weight is 494 g/mol. The van der Waals surface area contributed by atoms with Crippen molar-refractivity contribution in [1.82, 2.24) is 10.3 Å². The van der Waals surface area contributed by atoms with Gasteiger partial charge in [-0.3, -0.25) is 4.79 Å². The van der Waals surface area contributed by atoms with Crippen LogP contribution in [0, 0.1) is 0 Å². The number of nitrogens with zero attached hydrogens (tertiary/aromatic N) is 1. The van der Waals surface area contributed by atoms with Crippen molar-refractivity contribution in [3.05, 3.63) is 54.2 Å². The second kappa shape index (κ2) is 25.4. The average Bonchev–Trinajstić information content (AvgIpc) is 2.89. The summed E-state index contributed by atoms with van der Waals surface area (Å²) in [6.45, 7) is 16.8. The Kier molecular flexibility index (Phi) is 26.4. The molecule has 0 aliphatic carbocycles. The minimum atomic E-state index is -0.530. The van der Waals surface area contributed by atoms with Gasteiger partial charge >= 0.3 is 0 Å². The van der Waals surface area contributed by atoms with Crippen molar-refractivity contribution in [2.24, 2.45) is 5.73 Å². The zero-order valence-corrected chi connectivity index (χ0v) is 22.4.